The van der Waals surface area contributed by atoms with E-state index in [1.54, 1.807) is 12.1 Å². The molecule has 0 aliphatic carbocycles. The summed E-state index contributed by atoms with van der Waals surface area (Å²) in [7, 11) is 0. The van der Waals surface area contributed by atoms with E-state index in [1.807, 2.05) is 23.9 Å². The molecule has 0 amide bonds. The highest BCUT2D eigenvalue weighted by Gasteiger charge is 2.13. The molecule has 1 fully saturated rings. The van der Waals surface area contributed by atoms with Crippen LogP contribution < -0.4 is 5.32 Å². The highest BCUT2D eigenvalue weighted by molar-refractivity contribution is 7.99. The number of halogens is 1. The Morgan fingerprint density at radius 2 is 2.00 bits per heavy atom. The zero-order valence-corrected chi connectivity index (χ0v) is 8.82. The van der Waals surface area contributed by atoms with Gasteiger partial charge in [0.1, 0.15) is 5.82 Å². The smallest absolute Gasteiger partial charge is 0.123 e. The summed E-state index contributed by atoms with van der Waals surface area (Å²) < 4.78 is 12.7. The molecule has 1 N–H and O–H groups in total. The van der Waals surface area contributed by atoms with Crippen molar-refractivity contribution in [2.45, 2.75) is 11.7 Å². The van der Waals surface area contributed by atoms with Gasteiger partial charge in [-0.15, -0.1) is 0 Å². The summed E-state index contributed by atoms with van der Waals surface area (Å²) in [5.41, 5.74) is 1.25. The Kier molecular flexibility index (Phi) is 3.43. The summed E-state index contributed by atoms with van der Waals surface area (Å²) >= 11 is 1.96. The van der Waals surface area contributed by atoms with Crippen LogP contribution in [0.15, 0.2) is 24.3 Å². The number of benzene rings is 1. The van der Waals surface area contributed by atoms with E-state index in [0.29, 0.717) is 5.25 Å². The van der Waals surface area contributed by atoms with Crippen LogP contribution in [0, 0.1) is 5.82 Å². The average Bonchev–Trinajstić information content (AvgIpc) is 2.47. The molecule has 3 heteroatoms. The van der Waals surface area contributed by atoms with Gasteiger partial charge in [0.25, 0.3) is 0 Å². The standard InChI is InChI=1S/C11H14FNS/c12-10-3-1-9(2-4-10)11-5-6-13-7-8-14-11/h1-4,11,13H,5-8H2. The minimum Gasteiger partial charge on any atom is -0.316 e. The third-order valence-electron chi connectivity index (χ3n) is 2.42. The topological polar surface area (TPSA) is 12.0 Å². The van der Waals surface area contributed by atoms with Crippen molar-refractivity contribution in [3.8, 4) is 0 Å². The van der Waals surface area contributed by atoms with Crippen LogP contribution in [-0.4, -0.2) is 18.8 Å². The van der Waals surface area contributed by atoms with Crippen LogP contribution in [0.1, 0.15) is 17.2 Å². The number of hydrogen-bond acceptors (Lipinski definition) is 2. The van der Waals surface area contributed by atoms with E-state index in [0.717, 1.165) is 25.3 Å². The van der Waals surface area contributed by atoms with E-state index in [1.165, 1.54) is 5.56 Å². The molecule has 2 rings (SSSR count). The van der Waals surface area contributed by atoms with Gasteiger partial charge in [0.15, 0.2) is 0 Å². The number of hydrogen-bond donors (Lipinski definition) is 1. The maximum Gasteiger partial charge on any atom is 0.123 e. The summed E-state index contributed by atoms with van der Waals surface area (Å²) in [6, 6.07) is 6.90. The van der Waals surface area contributed by atoms with Gasteiger partial charge in [0, 0.05) is 17.5 Å². The predicted molar refractivity (Wildman–Crippen MR) is 59.1 cm³/mol. The molecule has 1 aliphatic heterocycles. The minimum atomic E-state index is -0.148. The summed E-state index contributed by atoms with van der Waals surface area (Å²) in [4.78, 5) is 0. The zero-order chi connectivity index (χ0) is 9.80. The first-order valence-electron chi connectivity index (χ1n) is 4.94. The normalized spacial score (nSPS) is 23.1. The van der Waals surface area contributed by atoms with Crippen molar-refractivity contribution >= 4 is 11.8 Å². The van der Waals surface area contributed by atoms with Gasteiger partial charge in [0.2, 0.25) is 0 Å². The molecule has 1 unspecified atom stereocenters. The van der Waals surface area contributed by atoms with E-state index < -0.39 is 0 Å². The Labute approximate surface area is 88.1 Å². The lowest BCUT2D eigenvalue weighted by Gasteiger charge is -2.13. The lowest BCUT2D eigenvalue weighted by atomic mass is 10.1. The first-order chi connectivity index (χ1) is 6.86. The molecule has 0 bridgehead atoms. The maximum atomic E-state index is 12.7. The molecule has 0 spiro atoms. The fourth-order valence-corrected chi connectivity index (χ4v) is 2.84. The zero-order valence-electron chi connectivity index (χ0n) is 8.00. The van der Waals surface area contributed by atoms with E-state index in [4.69, 9.17) is 0 Å². The minimum absolute atomic E-state index is 0.148. The number of nitrogens with one attached hydrogen (secondary N) is 1. The molecular weight excluding hydrogens is 197 g/mol. The van der Waals surface area contributed by atoms with Crippen molar-refractivity contribution < 1.29 is 4.39 Å². The maximum absolute atomic E-state index is 12.7. The Hall–Kier alpha value is -0.540. The van der Waals surface area contributed by atoms with Crippen molar-refractivity contribution in [1.29, 1.82) is 0 Å². The molecule has 0 radical (unpaired) electrons. The Morgan fingerprint density at radius 1 is 1.21 bits per heavy atom. The Balaban J connectivity index is 2.08. The van der Waals surface area contributed by atoms with Gasteiger partial charge in [-0.3, -0.25) is 0 Å². The Morgan fingerprint density at radius 3 is 2.79 bits per heavy atom. The molecule has 76 valence electrons. The van der Waals surface area contributed by atoms with Crippen LogP contribution in [0.5, 0.6) is 0 Å². The molecule has 1 aromatic rings. The van der Waals surface area contributed by atoms with Gasteiger partial charge < -0.3 is 5.32 Å². The Bertz CT molecular complexity index is 278. The fourth-order valence-electron chi connectivity index (χ4n) is 1.66. The molecule has 1 atom stereocenters. The molecule has 1 aliphatic rings. The summed E-state index contributed by atoms with van der Waals surface area (Å²) in [5.74, 6) is 0.993. The highest BCUT2D eigenvalue weighted by Crippen LogP contribution is 2.32. The fraction of sp³-hybridized carbons (Fsp3) is 0.455. The van der Waals surface area contributed by atoms with Gasteiger partial charge in [0.05, 0.1) is 0 Å². The van der Waals surface area contributed by atoms with E-state index in [9.17, 15) is 4.39 Å². The molecule has 1 heterocycles. The largest absolute Gasteiger partial charge is 0.316 e. The van der Waals surface area contributed by atoms with Crippen molar-refractivity contribution in [2.24, 2.45) is 0 Å². The lowest BCUT2D eigenvalue weighted by molar-refractivity contribution is 0.626. The summed E-state index contributed by atoms with van der Waals surface area (Å²) in [6.45, 7) is 2.15. The molecule has 0 aromatic heterocycles. The van der Waals surface area contributed by atoms with Crippen LogP contribution in [0.3, 0.4) is 0 Å². The van der Waals surface area contributed by atoms with E-state index in [2.05, 4.69) is 5.32 Å². The summed E-state index contributed by atoms with van der Waals surface area (Å²) in [6.07, 6.45) is 1.14. The third-order valence-corrected chi connectivity index (χ3v) is 3.77. The molecule has 1 aromatic carbocycles. The summed E-state index contributed by atoms with van der Waals surface area (Å²) in [5, 5.41) is 3.90. The third kappa shape index (κ3) is 2.49. The highest BCUT2D eigenvalue weighted by atomic mass is 32.2. The molecule has 14 heavy (non-hydrogen) atoms. The van der Waals surface area contributed by atoms with Crippen molar-refractivity contribution in [3.63, 3.8) is 0 Å². The first kappa shape index (κ1) is 9.99. The van der Waals surface area contributed by atoms with Crippen molar-refractivity contribution in [3.05, 3.63) is 35.6 Å². The number of rotatable bonds is 1. The molecule has 1 saturated heterocycles. The predicted octanol–water partition coefficient (Wildman–Crippen LogP) is 2.59. The van der Waals surface area contributed by atoms with Crippen molar-refractivity contribution in [2.75, 3.05) is 18.8 Å². The second kappa shape index (κ2) is 4.80. The molecule has 0 saturated carbocycles. The van der Waals surface area contributed by atoms with Crippen LogP contribution in [0.4, 0.5) is 4.39 Å². The number of thioether (sulfide) groups is 1. The van der Waals surface area contributed by atoms with Crippen LogP contribution >= 0.6 is 11.8 Å². The van der Waals surface area contributed by atoms with Crippen LogP contribution in [0.2, 0.25) is 0 Å². The second-order valence-electron chi connectivity index (χ2n) is 3.45. The molecular formula is C11H14FNS. The van der Waals surface area contributed by atoms with Crippen molar-refractivity contribution in [1.82, 2.24) is 5.32 Å². The SMILES string of the molecule is Fc1ccc(C2CCNCCS2)cc1. The second-order valence-corrected chi connectivity index (χ2v) is 4.76. The van der Waals surface area contributed by atoms with Gasteiger partial charge in [-0.2, -0.15) is 11.8 Å². The van der Waals surface area contributed by atoms with Gasteiger partial charge in [-0.25, -0.2) is 4.39 Å². The first-order valence-corrected chi connectivity index (χ1v) is 5.99. The van der Waals surface area contributed by atoms with Gasteiger partial charge >= 0.3 is 0 Å². The van der Waals surface area contributed by atoms with E-state index >= 15 is 0 Å². The van der Waals surface area contributed by atoms with E-state index in [-0.39, 0.29) is 5.82 Å². The van der Waals surface area contributed by atoms with Crippen LogP contribution in [-0.2, 0) is 0 Å². The lowest BCUT2D eigenvalue weighted by Crippen LogP contribution is -2.15. The van der Waals surface area contributed by atoms with Gasteiger partial charge in [-0.1, -0.05) is 12.1 Å². The van der Waals surface area contributed by atoms with Gasteiger partial charge in [-0.05, 0) is 30.7 Å². The van der Waals surface area contributed by atoms with Crippen LogP contribution in [0.25, 0.3) is 0 Å². The molecule has 1 nitrogen and oxygen atoms in total. The quantitative estimate of drug-likeness (QED) is 0.766. The monoisotopic (exact) mass is 211 g/mol. The average molecular weight is 211 g/mol.